The summed E-state index contributed by atoms with van der Waals surface area (Å²) in [6.45, 7) is 5.61. The van der Waals surface area contributed by atoms with Gasteiger partial charge < -0.3 is 0 Å². The first-order chi connectivity index (χ1) is 7.30. The highest BCUT2D eigenvalue weighted by atomic mass is 35.5. The average Bonchev–Trinajstić information content (AvgIpc) is 2.18. The van der Waals surface area contributed by atoms with E-state index in [-0.39, 0.29) is 4.75 Å². The first-order valence-electron chi connectivity index (χ1n) is 4.72. The molecule has 0 aliphatic rings. The summed E-state index contributed by atoms with van der Waals surface area (Å²) in [4.78, 5) is 0. The second-order valence-electron chi connectivity index (χ2n) is 4.27. The summed E-state index contributed by atoms with van der Waals surface area (Å²) in [5, 5.41) is 0.961. The van der Waals surface area contributed by atoms with Gasteiger partial charge in [-0.15, -0.1) is 0 Å². The zero-order valence-electron chi connectivity index (χ0n) is 9.33. The molecule has 0 fully saturated rings. The minimum absolute atomic E-state index is 0.354. The van der Waals surface area contributed by atoms with Gasteiger partial charge in [0.2, 0.25) is 0 Å². The van der Waals surface area contributed by atoms with Gasteiger partial charge in [0, 0.05) is 6.21 Å². The van der Waals surface area contributed by atoms with Crippen LogP contribution < -0.4 is 0 Å². The molecule has 0 heterocycles. The molecule has 0 amide bonds. The van der Waals surface area contributed by atoms with Crippen molar-refractivity contribution in [3.8, 4) is 0 Å². The molecule has 0 saturated heterocycles. The molecule has 0 bridgehead atoms. The molecule has 0 aliphatic carbocycles. The summed E-state index contributed by atoms with van der Waals surface area (Å²) in [6, 6.07) is 5.15. The summed E-state index contributed by atoms with van der Waals surface area (Å²) < 4.78 is 15.3. The number of halogens is 2. The molecule has 0 saturated carbocycles. The van der Waals surface area contributed by atoms with E-state index in [1.54, 1.807) is 24.4 Å². The average molecular weight is 278 g/mol. The maximum Gasteiger partial charge on any atom is 0.144 e. The van der Waals surface area contributed by atoms with Crippen molar-refractivity contribution in [1.29, 1.82) is 0 Å². The van der Waals surface area contributed by atoms with Crippen LogP contribution in [-0.4, -0.2) is 15.2 Å². The van der Waals surface area contributed by atoms with E-state index in [1.165, 1.54) is 0 Å². The van der Waals surface area contributed by atoms with E-state index in [0.29, 0.717) is 10.0 Å². The number of benzene rings is 1. The Morgan fingerprint density at radius 3 is 2.38 bits per heavy atom. The van der Waals surface area contributed by atoms with Gasteiger partial charge in [0.05, 0.1) is 14.8 Å². The molecule has 1 aromatic rings. The molecular formula is C11H13Cl2NOS. The summed E-state index contributed by atoms with van der Waals surface area (Å²) in [6.07, 6.45) is 1.55. The van der Waals surface area contributed by atoms with Crippen molar-refractivity contribution in [2.45, 2.75) is 25.5 Å². The fourth-order valence-corrected chi connectivity index (χ4v) is 1.70. The van der Waals surface area contributed by atoms with Crippen molar-refractivity contribution >= 4 is 40.4 Å². The molecule has 88 valence electrons. The highest BCUT2D eigenvalue weighted by Gasteiger charge is 2.18. The number of rotatable bonds is 2. The fourth-order valence-electron chi connectivity index (χ4n) is 0.860. The van der Waals surface area contributed by atoms with Crippen LogP contribution in [0.15, 0.2) is 22.6 Å². The van der Waals surface area contributed by atoms with Crippen molar-refractivity contribution in [2.75, 3.05) is 0 Å². The van der Waals surface area contributed by atoms with E-state index in [1.807, 2.05) is 20.8 Å². The van der Waals surface area contributed by atoms with Crippen LogP contribution in [0.25, 0.3) is 0 Å². The standard InChI is InChI=1S/C11H13Cl2NOS/c1-11(2,3)16(15)14-7-8-4-5-9(12)10(13)6-8/h4-7H,1-3H3/b14-7+/t16-/m1/s1. The lowest BCUT2D eigenvalue weighted by molar-refractivity contribution is 0.651. The van der Waals surface area contributed by atoms with Crippen molar-refractivity contribution in [3.63, 3.8) is 0 Å². The molecule has 0 unspecified atom stereocenters. The maximum atomic E-state index is 11.6. The Hall–Kier alpha value is -0.380. The highest BCUT2D eigenvalue weighted by molar-refractivity contribution is 7.85. The summed E-state index contributed by atoms with van der Waals surface area (Å²) in [5.41, 5.74) is 0.784. The van der Waals surface area contributed by atoms with Gasteiger partial charge in [0.15, 0.2) is 0 Å². The summed E-state index contributed by atoms with van der Waals surface area (Å²) in [7, 11) is -1.26. The van der Waals surface area contributed by atoms with Crippen LogP contribution in [-0.2, 0) is 11.0 Å². The minimum Gasteiger partial charge on any atom is -0.234 e. The van der Waals surface area contributed by atoms with E-state index >= 15 is 0 Å². The second kappa shape index (κ2) is 5.30. The number of hydrogen-bond donors (Lipinski definition) is 0. The van der Waals surface area contributed by atoms with Gasteiger partial charge in [0.25, 0.3) is 0 Å². The van der Waals surface area contributed by atoms with Gasteiger partial charge in [-0.3, -0.25) is 0 Å². The van der Waals surface area contributed by atoms with Gasteiger partial charge in [0.1, 0.15) is 11.0 Å². The lowest BCUT2D eigenvalue weighted by Gasteiger charge is -2.12. The molecule has 1 atom stereocenters. The van der Waals surface area contributed by atoms with Gasteiger partial charge in [-0.2, -0.15) is 4.40 Å². The zero-order chi connectivity index (χ0) is 12.3. The summed E-state index contributed by atoms with van der Waals surface area (Å²) >= 11 is 11.6. The van der Waals surface area contributed by atoms with E-state index in [2.05, 4.69) is 4.40 Å². The van der Waals surface area contributed by atoms with Crippen molar-refractivity contribution in [1.82, 2.24) is 0 Å². The Bertz CT molecular complexity index is 438. The predicted octanol–water partition coefficient (Wildman–Crippen LogP) is 3.87. The zero-order valence-corrected chi connectivity index (χ0v) is 11.7. The van der Waals surface area contributed by atoms with Crippen LogP contribution in [0.2, 0.25) is 10.0 Å². The van der Waals surface area contributed by atoms with E-state index in [4.69, 9.17) is 23.2 Å². The molecule has 1 rings (SSSR count). The predicted molar refractivity (Wildman–Crippen MR) is 72.0 cm³/mol. The van der Waals surface area contributed by atoms with E-state index in [0.717, 1.165) is 5.56 Å². The molecular weight excluding hydrogens is 265 g/mol. The molecule has 0 aliphatic heterocycles. The summed E-state index contributed by atoms with van der Waals surface area (Å²) in [5.74, 6) is 0. The maximum absolute atomic E-state index is 11.6. The lowest BCUT2D eigenvalue weighted by atomic mass is 10.2. The van der Waals surface area contributed by atoms with E-state index < -0.39 is 11.0 Å². The van der Waals surface area contributed by atoms with Gasteiger partial charge in [-0.25, -0.2) is 4.21 Å². The van der Waals surface area contributed by atoms with Gasteiger partial charge in [-0.05, 0) is 38.5 Å². The highest BCUT2D eigenvalue weighted by Crippen LogP contribution is 2.22. The Balaban J connectivity index is 2.85. The number of nitrogens with zero attached hydrogens (tertiary/aromatic N) is 1. The third-order valence-electron chi connectivity index (χ3n) is 1.77. The molecule has 0 radical (unpaired) electrons. The second-order valence-corrected chi connectivity index (χ2v) is 7.02. The van der Waals surface area contributed by atoms with Gasteiger partial charge in [-0.1, -0.05) is 29.3 Å². The Kier molecular flexibility index (Phi) is 4.53. The van der Waals surface area contributed by atoms with Crippen molar-refractivity contribution < 1.29 is 4.21 Å². The van der Waals surface area contributed by atoms with Crippen molar-refractivity contribution in [2.24, 2.45) is 4.40 Å². The Morgan fingerprint density at radius 1 is 1.25 bits per heavy atom. The number of hydrogen-bond acceptors (Lipinski definition) is 1. The monoisotopic (exact) mass is 277 g/mol. The first kappa shape index (κ1) is 13.7. The normalized spacial score (nSPS) is 14.3. The van der Waals surface area contributed by atoms with Crippen LogP contribution in [0.4, 0.5) is 0 Å². The molecule has 1 aromatic carbocycles. The SMILES string of the molecule is CC(C)(C)[S@@](=O)/N=C/c1ccc(Cl)c(Cl)c1. The van der Waals surface area contributed by atoms with Crippen molar-refractivity contribution in [3.05, 3.63) is 33.8 Å². The first-order valence-corrected chi connectivity index (χ1v) is 6.58. The Morgan fingerprint density at radius 2 is 1.88 bits per heavy atom. The van der Waals surface area contributed by atoms with Crippen LogP contribution in [0.5, 0.6) is 0 Å². The molecule has 0 N–H and O–H groups in total. The third-order valence-corrected chi connectivity index (χ3v) is 3.85. The topological polar surface area (TPSA) is 29.4 Å². The third kappa shape index (κ3) is 3.89. The molecule has 16 heavy (non-hydrogen) atoms. The molecule has 5 heteroatoms. The van der Waals surface area contributed by atoms with Crippen LogP contribution in [0.3, 0.4) is 0 Å². The quantitative estimate of drug-likeness (QED) is 0.755. The largest absolute Gasteiger partial charge is 0.234 e. The van der Waals surface area contributed by atoms with Crippen LogP contribution >= 0.6 is 23.2 Å². The molecule has 0 spiro atoms. The van der Waals surface area contributed by atoms with E-state index in [9.17, 15) is 4.21 Å². The van der Waals surface area contributed by atoms with Gasteiger partial charge >= 0.3 is 0 Å². The molecule has 2 nitrogen and oxygen atoms in total. The smallest absolute Gasteiger partial charge is 0.144 e. The van der Waals surface area contributed by atoms with Crippen LogP contribution in [0.1, 0.15) is 26.3 Å². The van der Waals surface area contributed by atoms with Crippen LogP contribution in [0, 0.1) is 0 Å². The lowest BCUT2D eigenvalue weighted by Crippen LogP contribution is -2.19. The Labute approximate surface area is 108 Å². The minimum atomic E-state index is -1.26. The molecule has 0 aromatic heterocycles. The fraction of sp³-hybridized carbons (Fsp3) is 0.364.